The van der Waals surface area contributed by atoms with E-state index < -0.39 is 0 Å². The van der Waals surface area contributed by atoms with Crippen molar-refractivity contribution >= 4 is 29.9 Å². The number of nitrogens with one attached hydrogen (secondary N) is 2. The third kappa shape index (κ3) is 5.46. The monoisotopic (exact) mass is 384 g/mol. The highest BCUT2D eigenvalue weighted by molar-refractivity contribution is 6.30. The summed E-state index contributed by atoms with van der Waals surface area (Å²) in [6, 6.07) is 7.67. The van der Waals surface area contributed by atoms with Crippen molar-refractivity contribution in [2.75, 3.05) is 13.1 Å². The first kappa shape index (κ1) is 21.5. The Labute approximate surface area is 160 Å². The molecule has 2 rings (SSSR count). The number of benzene rings is 1. The molecule has 1 aromatic carbocycles. The van der Waals surface area contributed by atoms with Gasteiger partial charge in [0.15, 0.2) is 0 Å². The molecular formula is C18H26Cl2N4O. The maximum Gasteiger partial charge on any atom is 0.254 e. The maximum absolute atomic E-state index is 12.6. The van der Waals surface area contributed by atoms with Crippen molar-refractivity contribution in [3.8, 4) is 5.69 Å². The zero-order valence-electron chi connectivity index (χ0n) is 15.0. The Hall–Kier alpha value is -1.56. The van der Waals surface area contributed by atoms with Gasteiger partial charge in [0.1, 0.15) is 0 Å². The maximum atomic E-state index is 12.6. The van der Waals surface area contributed by atoms with Gasteiger partial charge in [0, 0.05) is 17.6 Å². The van der Waals surface area contributed by atoms with Crippen molar-refractivity contribution in [3.63, 3.8) is 0 Å². The minimum absolute atomic E-state index is 0. The van der Waals surface area contributed by atoms with Gasteiger partial charge in [0.25, 0.3) is 5.91 Å². The van der Waals surface area contributed by atoms with E-state index >= 15 is 0 Å². The fourth-order valence-corrected chi connectivity index (χ4v) is 2.76. The summed E-state index contributed by atoms with van der Waals surface area (Å²) in [5.41, 5.74) is 2.40. The van der Waals surface area contributed by atoms with Crippen LogP contribution in [0.2, 0.25) is 5.02 Å². The summed E-state index contributed by atoms with van der Waals surface area (Å²) in [6.45, 7) is 9.66. The molecule has 0 saturated carbocycles. The number of carbonyl (C=O) groups excluding carboxylic acids is 1. The van der Waals surface area contributed by atoms with E-state index in [0.717, 1.165) is 17.9 Å². The van der Waals surface area contributed by atoms with E-state index in [1.54, 1.807) is 6.20 Å². The number of likely N-dealkylation sites (N-methyl/N-ethyl adjacent to an activating group) is 1. The predicted octanol–water partition coefficient (Wildman–Crippen LogP) is 3.80. The second kappa shape index (κ2) is 9.80. The summed E-state index contributed by atoms with van der Waals surface area (Å²) >= 11 is 5.95. The first-order chi connectivity index (χ1) is 11.4. The summed E-state index contributed by atoms with van der Waals surface area (Å²) < 4.78 is 1.81. The molecule has 1 heterocycles. The lowest BCUT2D eigenvalue weighted by Gasteiger charge is -2.15. The molecule has 0 bridgehead atoms. The van der Waals surface area contributed by atoms with Gasteiger partial charge in [0.2, 0.25) is 0 Å². The largest absolute Gasteiger partial charge is 0.350 e. The Morgan fingerprint density at radius 2 is 1.88 bits per heavy atom. The van der Waals surface area contributed by atoms with Crippen molar-refractivity contribution in [1.29, 1.82) is 0 Å². The highest BCUT2D eigenvalue weighted by atomic mass is 35.5. The van der Waals surface area contributed by atoms with E-state index in [0.29, 0.717) is 17.1 Å². The zero-order valence-corrected chi connectivity index (χ0v) is 16.6. The number of amides is 1. The van der Waals surface area contributed by atoms with E-state index in [4.69, 9.17) is 11.6 Å². The molecule has 0 saturated heterocycles. The second-order valence-electron chi connectivity index (χ2n) is 6.16. The quantitative estimate of drug-likeness (QED) is 0.762. The van der Waals surface area contributed by atoms with E-state index in [1.165, 1.54) is 0 Å². The van der Waals surface area contributed by atoms with Crippen molar-refractivity contribution in [2.45, 2.75) is 39.7 Å². The molecule has 0 radical (unpaired) electrons. The Morgan fingerprint density at radius 3 is 2.44 bits per heavy atom. The summed E-state index contributed by atoms with van der Waals surface area (Å²) in [7, 11) is 0. The van der Waals surface area contributed by atoms with Crippen LogP contribution in [-0.4, -0.2) is 34.8 Å². The van der Waals surface area contributed by atoms with E-state index in [1.807, 2.05) is 42.8 Å². The lowest BCUT2D eigenvalue weighted by Crippen LogP contribution is -2.39. The van der Waals surface area contributed by atoms with Gasteiger partial charge in [-0.1, -0.05) is 32.4 Å². The molecule has 0 fully saturated rings. The van der Waals surface area contributed by atoms with Gasteiger partial charge in [-0.2, -0.15) is 5.10 Å². The standard InChI is InChI=1S/C18H25ClN4O.ClH/c1-5-20-13(4)10-21-18(24)16-11-22-23(17(16)12(2)3)15-8-6-14(19)7-9-15;/h6-9,11-13,20H,5,10H2,1-4H3,(H,21,24);1H/t13-;/m1./s1. The van der Waals surface area contributed by atoms with Crippen molar-refractivity contribution in [2.24, 2.45) is 0 Å². The third-order valence-electron chi connectivity index (χ3n) is 3.79. The van der Waals surface area contributed by atoms with Gasteiger partial charge < -0.3 is 10.6 Å². The van der Waals surface area contributed by atoms with Gasteiger partial charge in [-0.05, 0) is 43.7 Å². The molecule has 25 heavy (non-hydrogen) atoms. The van der Waals surface area contributed by atoms with Gasteiger partial charge in [0.05, 0.1) is 23.1 Å². The van der Waals surface area contributed by atoms with Crippen LogP contribution in [0.5, 0.6) is 0 Å². The number of carbonyl (C=O) groups is 1. The SMILES string of the molecule is CCN[C@H](C)CNC(=O)c1cnn(-c2ccc(Cl)cc2)c1C(C)C.Cl. The molecule has 138 valence electrons. The fourth-order valence-electron chi connectivity index (χ4n) is 2.64. The molecule has 1 aromatic heterocycles. The second-order valence-corrected chi connectivity index (χ2v) is 6.59. The van der Waals surface area contributed by atoms with Gasteiger partial charge in [-0.15, -0.1) is 12.4 Å². The first-order valence-corrected chi connectivity index (χ1v) is 8.67. The highest BCUT2D eigenvalue weighted by Crippen LogP contribution is 2.23. The Balaban J connectivity index is 0.00000312. The minimum Gasteiger partial charge on any atom is -0.350 e. The van der Waals surface area contributed by atoms with Crippen LogP contribution < -0.4 is 10.6 Å². The molecule has 2 aromatic rings. The molecular weight excluding hydrogens is 359 g/mol. The number of nitrogens with zero attached hydrogens (tertiary/aromatic N) is 2. The van der Waals surface area contributed by atoms with Crippen LogP contribution in [0.15, 0.2) is 30.5 Å². The number of aromatic nitrogens is 2. The van der Waals surface area contributed by atoms with Gasteiger partial charge >= 0.3 is 0 Å². The van der Waals surface area contributed by atoms with E-state index in [-0.39, 0.29) is 30.3 Å². The van der Waals surface area contributed by atoms with E-state index in [9.17, 15) is 4.79 Å². The molecule has 0 aliphatic carbocycles. The van der Waals surface area contributed by atoms with Crippen LogP contribution in [0.25, 0.3) is 5.69 Å². The topological polar surface area (TPSA) is 58.9 Å². The average Bonchev–Trinajstić information content (AvgIpc) is 2.99. The Morgan fingerprint density at radius 1 is 1.24 bits per heavy atom. The zero-order chi connectivity index (χ0) is 17.7. The van der Waals surface area contributed by atoms with Crippen LogP contribution in [0.3, 0.4) is 0 Å². The van der Waals surface area contributed by atoms with Crippen LogP contribution in [-0.2, 0) is 0 Å². The van der Waals surface area contributed by atoms with Crippen molar-refractivity contribution in [3.05, 3.63) is 46.7 Å². The fraction of sp³-hybridized carbons (Fsp3) is 0.444. The number of rotatable bonds is 7. The lowest BCUT2D eigenvalue weighted by atomic mass is 10.0. The Kier molecular flexibility index (Phi) is 8.42. The molecule has 0 aliphatic rings. The highest BCUT2D eigenvalue weighted by Gasteiger charge is 2.21. The molecule has 0 unspecified atom stereocenters. The molecule has 1 atom stereocenters. The minimum atomic E-state index is -0.0938. The normalized spacial score (nSPS) is 11.9. The molecule has 2 N–H and O–H groups in total. The number of hydrogen-bond acceptors (Lipinski definition) is 3. The molecule has 0 spiro atoms. The summed E-state index contributed by atoms with van der Waals surface area (Å²) in [6.07, 6.45) is 1.64. The Bertz CT molecular complexity index is 683. The van der Waals surface area contributed by atoms with Crippen LogP contribution in [0, 0.1) is 0 Å². The van der Waals surface area contributed by atoms with Crippen molar-refractivity contribution in [1.82, 2.24) is 20.4 Å². The van der Waals surface area contributed by atoms with Crippen LogP contribution in [0.4, 0.5) is 0 Å². The molecule has 0 aliphatic heterocycles. The summed E-state index contributed by atoms with van der Waals surface area (Å²) in [5.74, 6) is 0.0683. The van der Waals surface area contributed by atoms with Crippen LogP contribution >= 0.6 is 24.0 Å². The average molecular weight is 385 g/mol. The van der Waals surface area contributed by atoms with Gasteiger partial charge in [-0.3, -0.25) is 4.79 Å². The molecule has 1 amide bonds. The summed E-state index contributed by atoms with van der Waals surface area (Å²) in [5, 5.41) is 11.3. The number of hydrogen-bond donors (Lipinski definition) is 2. The predicted molar refractivity (Wildman–Crippen MR) is 105 cm³/mol. The third-order valence-corrected chi connectivity index (χ3v) is 4.04. The van der Waals surface area contributed by atoms with Crippen molar-refractivity contribution < 1.29 is 4.79 Å². The smallest absolute Gasteiger partial charge is 0.254 e. The molecule has 5 nitrogen and oxygen atoms in total. The first-order valence-electron chi connectivity index (χ1n) is 8.29. The molecule has 7 heteroatoms. The van der Waals surface area contributed by atoms with E-state index in [2.05, 4.69) is 29.6 Å². The van der Waals surface area contributed by atoms with Crippen LogP contribution in [0.1, 0.15) is 49.7 Å². The lowest BCUT2D eigenvalue weighted by molar-refractivity contribution is 0.0949. The summed E-state index contributed by atoms with van der Waals surface area (Å²) in [4.78, 5) is 12.6. The van der Waals surface area contributed by atoms with Gasteiger partial charge in [-0.25, -0.2) is 4.68 Å². The number of halogens is 2.